The maximum Gasteiger partial charge on any atom is 0.251 e. The number of amides is 1. The maximum absolute atomic E-state index is 11.7. The number of benzene rings is 1. The number of hydrogen-bond donors (Lipinski definition) is 2. The van der Waals surface area contributed by atoms with Gasteiger partial charge in [-0.05, 0) is 25.5 Å². The molecule has 0 heterocycles. The first-order valence-electron chi connectivity index (χ1n) is 5.86. The van der Waals surface area contributed by atoms with E-state index in [-0.39, 0.29) is 5.91 Å². The van der Waals surface area contributed by atoms with E-state index in [0.29, 0.717) is 31.9 Å². The minimum Gasteiger partial charge on any atom is -0.380 e. The van der Waals surface area contributed by atoms with Gasteiger partial charge in [-0.25, -0.2) is 0 Å². The Bertz CT molecular complexity index is 353. The lowest BCUT2D eigenvalue weighted by atomic mass is 10.1. The van der Waals surface area contributed by atoms with Gasteiger partial charge in [0, 0.05) is 25.3 Å². The lowest BCUT2D eigenvalue weighted by molar-refractivity contribution is 0.0943. The third kappa shape index (κ3) is 5.47. The quantitative estimate of drug-likeness (QED) is 0.697. The van der Waals surface area contributed by atoms with Crippen LogP contribution >= 0.6 is 0 Å². The second-order valence-electron chi connectivity index (χ2n) is 3.88. The van der Waals surface area contributed by atoms with Crippen LogP contribution in [0, 0.1) is 6.92 Å². The maximum atomic E-state index is 11.7. The van der Waals surface area contributed by atoms with Gasteiger partial charge in [0.1, 0.15) is 0 Å². The lowest BCUT2D eigenvalue weighted by Gasteiger charge is -2.06. The van der Waals surface area contributed by atoms with E-state index in [9.17, 15) is 4.79 Å². The summed E-state index contributed by atoms with van der Waals surface area (Å²) in [5, 5.41) is 2.85. The fourth-order valence-electron chi connectivity index (χ4n) is 1.45. The Labute approximate surface area is 102 Å². The number of carbonyl (C=O) groups is 1. The highest BCUT2D eigenvalue weighted by atomic mass is 16.5. The number of nitrogens with two attached hydrogens (primary N) is 1. The summed E-state index contributed by atoms with van der Waals surface area (Å²) in [4.78, 5) is 11.7. The van der Waals surface area contributed by atoms with Gasteiger partial charge in [-0.2, -0.15) is 0 Å². The van der Waals surface area contributed by atoms with Crippen LogP contribution in [-0.4, -0.2) is 32.2 Å². The van der Waals surface area contributed by atoms with Crippen molar-refractivity contribution in [3.63, 3.8) is 0 Å². The van der Waals surface area contributed by atoms with E-state index < -0.39 is 0 Å². The summed E-state index contributed by atoms with van der Waals surface area (Å²) in [6.45, 7) is 4.33. The SMILES string of the molecule is Cc1cccc(C(=O)NCCCOCCN)c1. The third-order valence-corrected chi connectivity index (χ3v) is 2.29. The molecule has 0 aliphatic rings. The second kappa shape index (κ2) is 7.81. The number of nitrogens with one attached hydrogen (secondary N) is 1. The van der Waals surface area contributed by atoms with Gasteiger partial charge in [0.15, 0.2) is 0 Å². The zero-order chi connectivity index (χ0) is 12.5. The monoisotopic (exact) mass is 236 g/mol. The summed E-state index contributed by atoms with van der Waals surface area (Å²) in [5.74, 6) is -0.0347. The molecular formula is C13H20N2O2. The van der Waals surface area contributed by atoms with Crippen LogP contribution in [0.3, 0.4) is 0 Å². The van der Waals surface area contributed by atoms with E-state index in [4.69, 9.17) is 10.5 Å². The van der Waals surface area contributed by atoms with E-state index >= 15 is 0 Å². The molecule has 1 rings (SSSR count). The number of carbonyl (C=O) groups excluding carboxylic acids is 1. The highest BCUT2D eigenvalue weighted by Crippen LogP contribution is 2.03. The summed E-state index contributed by atoms with van der Waals surface area (Å²) in [6.07, 6.45) is 0.803. The molecule has 4 heteroatoms. The Morgan fingerprint density at radius 2 is 2.24 bits per heavy atom. The average Bonchev–Trinajstić information content (AvgIpc) is 2.33. The Balaban J connectivity index is 2.21. The zero-order valence-electron chi connectivity index (χ0n) is 10.2. The van der Waals surface area contributed by atoms with E-state index in [1.807, 2.05) is 31.2 Å². The van der Waals surface area contributed by atoms with Crippen LogP contribution in [0.1, 0.15) is 22.3 Å². The van der Waals surface area contributed by atoms with Crippen molar-refractivity contribution in [1.29, 1.82) is 0 Å². The standard InChI is InChI=1S/C13H20N2O2/c1-11-4-2-5-12(10-11)13(16)15-7-3-8-17-9-6-14/h2,4-5,10H,3,6-9,14H2,1H3,(H,15,16). The van der Waals surface area contributed by atoms with Crippen LogP contribution < -0.4 is 11.1 Å². The predicted molar refractivity (Wildman–Crippen MR) is 68.0 cm³/mol. The predicted octanol–water partition coefficient (Wildman–Crippen LogP) is 1.09. The fourth-order valence-corrected chi connectivity index (χ4v) is 1.45. The van der Waals surface area contributed by atoms with Gasteiger partial charge in [0.05, 0.1) is 6.61 Å². The molecule has 4 nitrogen and oxygen atoms in total. The van der Waals surface area contributed by atoms with Crippen LogP contribution in [0.15, 0.2) is 24.3 Å². The molecule has 0 aliphatic carbocycles. The molecule has 0 aliphatic heterocycles. The van der Waals surface area contributed by atoms with E-state index in [0.717, 1.165) is 12.0 Å². The van der Waals surface area contributed by atoms with Crippen LogP contribution in [-0.2, 0) is 4.74 Å². The first-order chi connectivity index (χ1) is 8.24. The van der Waals surface area contributed by atoms with Crippen LogP contribution in [0.4, 0.5) is 0 Å². The van der Waals surface area contributed by atoms with Crippen molar-refractivity contribution in [2.75, 3.05) is 26.3 Å². The number of ether oxygens (including phenoxy) is 1. The van der Waals surface area contributed by atoms with Crippen molar-refractivity contribution in [2.45, 2.75) is 13.3 Å². The highest BCUT2D eigenvalue weighted by molar-refractivity contribution is 5.94. The molecule has 0 unspecified atom stereocenters. The van der Waals surface area contributed by atoms with E-state index in [1.165, 1.54) is 0 Å². The Morgan fingerprint density at radius 3 is 2.94 bits per heavy atom. The minimum atomic E-state index is -0.0347. The van der Waals surface area contributed by atoms with Crippen molar-refractivity contribution in [3.8, 4) is 0 Å². The van der Waals surface area contributed by atoms with Crippen molar-refractivity contribution in [1.82, 2.24) is 5.32 Å². The largest absolute Gasteiger partial charge is 0.380 e. The summed E-state index contributed by atoms with van der Waals surface area (Å²) >= 11 is 0. The van der Waals surface area contributed by atoms with Crippen LogP contribution in [0.25, 0.3) is 0 Å². The molecule has 94 valence electrons. The van der Waals surface area contributed by atoms with Crippen molar-refractivity contribution in [2.24, 2.45) is 5.73 Å². The normalized spacial score (nSPS) is 10.2. The Morgan fingerprint density at radius 1 is 1.41 bits per heavy atom. The van der Waals surface area contributed by atoms with Crippen molar-refractivity contribution >= 4 is 5.91 Å². The van der Waals surface area contributed by atoms with Crippen LogP contribution in [0.2, 0.25) is 0 Å². The summed E-state index contributed by atoms with van der Waals surface area (Å²) < 4.78 is 5.21. The summed E-state index contributed by atoms with van der Waals surface area (Å²) in [5.41, 5.74) is 7.08. The summed E-state index contributed by atoms with van der Waals surface area (Å²) in [6, 6.07) is 7.54. The van der Waals surface area contributed by atoms with Gasteiger partial charge >= 0.3 is 0 Å². The molecule has 1 aromatic carbocycles. The van der Waals surface area contributed by atoms with Gasteiger partial charge in [-0.1, -0.05) is 17.7 Å². The molecule has 1 amide bonds. The van der Waals surface area contributed by atoms with Crippen LogP contribution in [0.5, 0.6) is 0 Å². The number of rotatable bonds is 7. The first kappa shape index (κ1) is 13.7. The zero-order valence-corrected chi connectivity index (χ0v) is 10.2. The summed E-state index contributed by atoms with van der Waals surface area (Å²) in [7, 11) is 0. The molecule has 0 bridgehead atoms. The molecule has 1 aromatic rings. The molecule has 0 saturated carbocycles. The topological polar surface area (TPSA) is 64.3 Å². The molecule has 0 spiro atoms. The van der Waals surface area contributed by atoms with Crippen molar-refractivity contribution in [3.05, 3.63) is 35.4 Å². The van der Waals surface area contributed by atoms with E-state index in [1.54, 1.807) is 0 Å². The molecule has 0 atom stereocenters. The van der Waals surface area contributed by atoms with Gasteiger partial charge in [0.2, 0.25) is 0 Å². The van der Waals surface area contributed by atoms with Gasteiger partial charge in [0.25, 0.3) is 5.91 Å². The molecule has 3 N–H and O–H groups in total. The first-order valence-corrected chi connectivity index (χ1v) is 5.86. The minimum absolute atomic E-state index is 0.0347. The van der Waals surface area contributed by atoms with Gasteiger partial charge in [-0.3, -0.25) is 4.79 Å². The smallest absolute Gasteiger partial charge is 0.251 e. The fraction of sp³-hybridized carbons (Fsp3) is 0.462. The third-order valence-electron chi connectivity index (χ3n) is 2.29. The second-order valence-corrected chi connectivity index (χ2v) is 3.88. The Hall–Kier alpha value is -1.39. The van der Waals surface area contributed by atoms with Crippen molar-refractivity contribution < 1.29 is 9.53 Å². The molecule has 0 fully saturated rings. The molecule has 0 radical (unpaired) electrons. The molecule has 0 aromatic heterocycles. The molecule has 17 heavy (non-hydrogen) atoms. The molecule has 0 saturated heterocycles. The van der Waals surface area contributed by atoms with Gasteiger partial charge in [-0.15, -0.1) is 0 Å². The van der Waals surface area contributed by atoms with E-state index in [2.05, 4.69) is 5.32 Å². The average molecular weight is 236 g/mol. The molecular weight excluding hydrogens is 216 g/mol. The number of hydrogen-bond acceptors (Lipinski definition) is 3. The van der Waals surface area contributed by atoms with Gasteiger partial charge < -0.3 is 15.8 Å². The number of aryl methyl sites for hydroxylation is 1. The highest BCUT2D eigenvalue weighted by Gasteiger charge is 2.03. The lowest BCUT2D eigenvalue weighted by Crippen LogP contribution is -2.25. The Kier molecular flexibility index (Phi) is 6.29.